The van der Waals surface area contributed by atoms with Crippen LogP contribution in [0.25, 0.3) is 0 Å². The predicted molar refractivity (Wildman–Crippen MR) is 71.3 cm³/mol. The molecule has 1 heterocycles. The third-order valence-corrected chi connectivity index (χ3v) is 2.78. The van der Waals surface area contributed by atoms with Gasteiger partial charge in [0, 0.05) is 12.7 Å². The largest absolute Gasteiger partial charge is 0.416 e. The molecule has 2 aromatic rings. The zero-order chi connectivity index (χ0) is 15.5. The second kappa shape index (κ2) is 5.75. The van der Waals surface area contributed by atoms with Gasteiger partial charge in [0.25, 0.3) is 0 Å². The van der Waals surface area contributed by atoms with Gasteiger partial charge in [-0.15, -0.1) is 0 Å². The average Bonchev–Trinajstić information content (AvgIpc) is 2.83. The lowest BCUT2D eigenvalue weighted by molar-refractivity contribution is -0.137. The number of nitrogen functional groups attached to an aromatic ring is 1. The van der Waals surface area contributed by atoms with Gasteiger partial charge < -0.3 is 11.1 Å². The van der Waals surface area contributed by atoms with Crippen LogP contribution in [0.15, 0.2) is 30.6 Å². The molecule has 2 rings (SSSR count). The number of nitrogens with two attached hydrogens (primary N) is 1. The Morgan fingerprint density at radius 2 is 2.14 bits per heavy atom. The van der Waals surface area contributed by atoms with Crippen molar-refractivity contribution in [2.75, 3.05) is 17.6 Å². The minimum Gasteiger partial charge on any atom is -0.396 e. The Labute approximate surface area is 118 Å². The molecule has 0 aliphatic heterocycles. The van der Waals surface area contributed by atoms with E-state index in [9.17, 15) is 13.2 Å². The van der Waals surface area contributed by atoms with Gasteiger partial charge in [-0.2, -0.15) is 23.5 Å². The first-order chi connectivity index (χ1) is 9.90. The second-order valence-corrected chi connectivity index (χ2v) is 4.33. The summed E-state index contributed by atoms with van der Waals surface area (Å²) in [7, 11) is 0. The third kappa shape index (κ3) is 3.66. The molecule has 0 spiro atoms. The van der Waals surface area contributed by atoms with Gasteiger partial charge in [-0.1, -0.05) is 0 Å². The van der Waals surface area contributed by atoms with Gasteiger partial charge in [0.2, 0.25) is 0 Å². The number of rotatable bonds is 4. The number of anilines is 2. The van der Waals surface area contributed by atoms with Crippen LogP contribution in [0.4, 0.5) is 24.5 Å². The Balaban J connectivity index is 2.05. The minimum atomic E-state index is -4.46. The van der Waals surface area contributed by atoms with E-state index in [-0.39, 0.29) is 5.56 Å². The van der Waals surface area contributed by atoms with Crippen molar-refractivity contribution >= 4 is 11.4 Å². The van der Waals surface area contributed by atoms with Gasteiger partial charge in [-0.05, 0) is 18.2 Å². The number of hydrogen-bond donors (Lipinski definition) is 2. The van der Waals surface area contributed by atoms with E-state index in [1.54, 1.807) is 16.9 Å². The van der Waals surface area contributed by atoms with Crippen molar-refractivity contribution in [2.45, 2.75) is 12.7 Å². The maximum Gasteiger partial charge on any atom is 0.416 e. The zero-order valence-electron chi connectivity index (χ0n) is 10.9. The van der Waals surface area contributed by atoms with Gasteiger partial charge in [-0.3, -0.25) is 4.68 Å². The number of nitrogens with zero attached hydrogens (tertiary/aromatic N) is 3. The monoisotopic (exact) mass is 295 g/mol. The summed E-state index contributed by atoms with van der Waals surface area (Å²) in [6, 6.07) is 4.77. The molecule has 0 aliphatic carbocycles. The summed E-state index contributed by atoms with van der Waals surface area (Å²) >= 11 is 0. The van der Waals surface area contributed by atoms with E-state index in [1.165, 1.54) is 12.3 Å². The van der Waals surface area contributed by atoms with Gasteiger partial charge in [-0.25, -0.2) is 0 Å². The summed E-state index contributed by atoms with van der Waals surface area (Å²) in [4.78, 5) is 0. The summed E-state index contributed by atoms with van der Waals surface area (Å²) < 4.78 is 39.3. The highest BCUT2D eigenvalue weighted by molar-refractivity contribution is 5.58. The lowest BCUT2D eigenvalue weighted by Gasteiger charge is -2.11. The molecule has 0 unspecified atom stereocenters. The molecule has 0 amide bonds. The predicted octanol–water partition coefficient (Wildman–Crippen LogP) is 2.47. The molecule has 0 saturated heterocycles. The highest BCUT2D eigenvalue weighted by Gasteiger charge is 2.31. The Morgan fingerprint density at radius 3 is 2.71 bits per heavy atom. The van der Waals surface area contributed by atoms with Crippen LogP contribution in [0.3, 0.4) is 0 Å². The Morgan fingerprint density at radius 1 is 1.38 bits per heavy atom. The molecule has 21 heavy (non-hydrogen) atoms. The standard InChI is InChI=1S/C13H12F3N5/c14-13(15,16)10-1-2-12(9(5-10)6-17)19-3-4-21-8-11(18)7-20-21/h1-2,5,7-8,19H,3-4,18H2. The molecule has 1 aromatic carbocycles. The van der Waals surface area contributed by atoms with Crippen molar-refractivity contribution in [3.05, 3.63) is 41.7 Å². The Hall–Kier alpha value is -2.69. The van der Waals surface area contributed by atoms with Crippen LogP contribution in [0.1, 0.15) is 11.1 Å². The minimum absolute atomic E-state index is 0.0511. The normalized spacial score (nSPS) is 11.1. The molecule has 0 fully saturated rings. The fourth-order valence-corrected chi connectivity index (χ4v) is 1.77. The number of halogens is 3. The molecule has 0 atom stereocenters. The molecule has 0 saturated carbocycles. The zero-order valence-corrected chi connectivity index (χ0v) is 10.9. The fourth-order valence-electron chi connectivity index (χ4n) is 1.77. The van der Waals surface area contributed by atoms with Gasteiger partial charge >= 0.3 is 6.18 Å². The maximum absolute atomic E-state index is 12.6. The number of nitriles is 1. The number of nitrogens with one attached hydrogen (secondary N) is 1. The SMILES string of the molecule is N#Cc1cc(C(F)(F)F)ccc1NCCn1cc(N)cn1. The average molecular weight is 295 g/mol. The smallest absolute Gasteiger partial charge is 0.396 e. The number of alkyl halides is 3. The maximum atomic E-state index is 12.6. The van der Waals surface area contributed by atoms with Crippen molar-refractivity contribution < 1.29 is 13.2 Å². The summed E-state index contributed by atoms with van der Waals surface area (Å²) in [5.41, 5.74) is 5.50. The summed E-state index contributed by atoms with van der Waals surface area (Å²) in [5, 5.41) is 15.8. The number of aromatic nitrogens is 2. The highest BCUT2D eigenvalue weighted by Crippen LogP contribution is 2.31. The molecular formula is C13H12F3N5. The van der Waals surface area contributed by atoms with Crippen LogP contribution in [-0.2, 0) is 12.7 Å². The van der Waals surface area contributed by atoms with E-state index >= 15 is 0 Å². The van der Waals surface area contributed by atoms with Crippen molar-refractivity contribution in [1.82, 2.24) is 9.78 Å². The first-order valence-electron chi connectivity index (χ1n) is 6.03. The first-order valence-corrected chi connectivity index (χ1v) is 6.03. The van der Waals surface area contributed by atoms with E-state index in [4.69, 9.17) is 11.0 Å². The summed E-state index contributed by atoms with van der Waals surface area (Å²) in [5.74, 6) is 0. The van der Waals surface area contributed by atoms with Crippen LogP contribution in [-0.4, -0.2) is 16.3 Å². The third-order valence-electron chi connectivity index (χ3n) is 2.78. The van der Waals surface area contributed by atoms with Crippen LogP contribution >= 0.6 is 0 Å². The topological polar surface area (TPSA) is 79.7 Å². The molecule has 3 N–H and O–H groups in total. The second-order valence-electron chi connectivity index (χ2n) is 4.33. The first kappa shape index (κ1) is 14.7. The molecule has 1 aromatic heterocycles. The van der Waals surface area contributed by atoms with E-state index in [2.05, 4.69) is 10.4 Å². The highest BCUT2D eigenvalue weighted by atomic mass is 19.4. The molecule has 5 nitrogen and oxygen atoms in total. The number of hydrogen-bond acceptors (Lipinski definition) is 4. The van der Waals surface area contributed by atoms with Gasteiger partial charge in [0.05, 0.1) is 35.2 Å². The number of benzene rings is 1. The van der Waals surface area contributed by atoms with Crippen LogP contribution < -0.4 is 11.1 Å². The van der Waals surface area contributed by atoms with E-state index < -0.39 is 11.7 Å². The lowest BCUT2D eigenvalue weighted by atomic mass is 10.1. The molecule has 8 heteroatoms. The van der Waals surface area contributed by atoms with Crippen LogP contribution in [0.5, 0.6) is 0 Å². The van der Waals surface area contributed by atoms with Crippen LogP contribution in [0, 0.1) is 11.3 Å². The van der Waals surface area contributed by atoms with Gasteiger partial charge in [0.1, 0.15) is 6.07 Å². The Kier molecular flexibility index (Phi) is 4.03. The quantitative estimate of drug-likeness (QED) is 0.908. The fraction of sp³-hybridized carbons (Fsp3) is 0.231. The molecule has 0 radical (unpaired) electrons. The molecule has 0 aliphatic rings. The van der Waals surface area contributed by atoms with E-state index in [0.29, 0.717) is 24.5 Å². The van der Waals surface area contributed by atoms with E-state index in [1.807, 2.05) is 0 Å². The van der Waals surface area contributed by atoms with E-state index in [0.717, 1.165) is 12.1 Å². The van der Waals surface area contributed by atoms with Crippen molar-refractivity contribution in [1.29, 1.82) is 5.26 Å². The van der Waals surface area contributed by atoms with Crippen molar-refractivity contribution in [3.8, 4) is 6.07 Å². The van der Waals surface area contributed by atoms with Gasteiger partial charge in [0.15, 0.2) is 0 Å². The molecular weight excluding hydrogens is 283 g/mol. The molecule has 110 valence electrons. The summed E-state index contributed by atoms with van der Waals surface area (Å²) in [6.45, 7) is 0.879. The lowest BCUT2D eigenvalue weighted by Crippen LogP contribution is -2.12. The van der Waals surface area contributed by atoms with Crippen molar-refractivity contribution in [2.24, 2.45) is 0 Å². The Bertz CT molecular complexity index is 669. The van der Waals surface area contributed by atoms with Crippen LogP contribution in [0.2, 0.25) is 0 Å². The van der Waals surface area contributed by atoms with Crippen molar-refractivity contribution in [3.63, 3.8) is 0 Å². The molecule has 0 bridgehead atoms. The summed E-state index contributed by atoms with van der Waals surface area (Å²) in [6.07, 6.45) is -1.32.